The van der Waals surface area contributed by atoms with Crippen LogP contribution in [0.15, 0.2) is 72.8 Å². The van der Waals surface area contributed by atoms with Gasteiger partial charge in [0.2, 0.25) is 11.8 Å². The highest BCUT2D eigenvalue weighted by molar-refractivity contribution is 5.92. The van der Waals surface area contributed by atoms with E-state index in [1.165, 1.54) is 0 Å². The first-order valence-corrected chi connectivity index (χ1v) is 10.5. The van der Waals surface area contributed by atoms with E-state index in [9.17, 15) is 9.59 Å². The van der Waals surface area contributed by atoms with Gasteiger partial charge in [0.25, 0.3) is 0 Å². The maximum absolute atomic E-state index is 13.4. The van der Waals surface area contributed by atoms with Crippen molar-refractivity contribution in [3.8, 4) is 11.5 Å². The number of carbonyl (C=O) groups is 2. The number of hydrogen-bond donors (Lipinski definition) is 1. The van der Waals surface area contributed by atoms with Crippen LogP contribution in [0.1, 0.15) is 28.3 Å². The molecular formula is C26H26N2O4. The molecule has 1 atom stereocenters. The molecule has 0 saturated carbocycles. The van der Waals surface area contributed by atoms with Crippen LogP contribution in [0.3, 0.4) is 0 Å². The Morgan fingerprint density at radius 3 is 2.41 bits per heavy atom. The highest BCUT2D eigenvalue weighted by Crippen LogP contribution is 2.32. The van der Waals surface area contributed by atoms with Gasteiger partial charge < -0.3 is 19.7 Å². The van der Waals surface area contributed by atoms with E-state index in [4.69, 9.17) is 9.47 Å². The van der Waals surface area contributed by atoms with E-state index in [-0.39, 0.29) is 11.8 Å². The van der Waals surface area contributed by atoms with Gasteiger partial charge in [0, 0.05) is 13.1 Å². The standard InChI is InChI=1S/C26H26N2O4/c1-31-22-13-12-19(14-23(22)32-2)16-27-26(30)25-21-11-7-6-10-20(21)15-24(29)28(25)17-18-8-4-3-5-9-18/h3-14,25H,15-17H2,1-2H3,(H,27,30)/t25-/m0/s1. The van der Waals surface area contributed by atoms with Crippen molar-refractivity contribution in [2.75, 3.05) is 14.2 Å². The third-order valence-corrected chi connectivity index (χ3v) is 5.68. The second-order valence-electron chi connectivity index (χ2n) is 7.69. The second kappa shape index (κ2) is 9.56. The molecule has 0 bridgehead atoms. The number of benzene rings is 3. The van der Waals surface area contributed by atoms with E-state index < -0.39 is 6.04 Å². The largest absolute Gasteiger partial charge is 0.493 e. The molecule has 6 heteroatoms. The van der Waals surface area contributed by atoms with Crippen molar-refractivity contribution in [2.45, 2.75) is 25.6 Å². The van der Waals surface area contributed by atoms with Gasteiger partial charge in [-0.2, -0.15) is 0 Å². The number of carbonyl (C=O) groups excluding carboxylic acids is 2. The topological polar surface area (TPSA) is 67.9 Å². The minimum absolute atomic E-state index is 0.0566. The minimum Gasteiger partial charge on any atom is -0.493 e. The molecule has 0 spiro atoms. The van der Waals surface area contributed by atoms with Crippen molar-refractivity contribution < 1.29 is 19.1 Å². The Balaban J connectivity index is 1.59. The zero-order chi connectivity index (χ0) is 22.5. The molecule has 0 aliphatic carbocycles. The molecule has 4 rings (SSSR count). The molecule has 0 saturated heterocycles. The Bertz CT molecular complexity index is 1110. The number of rotatable bonds is 7. The van der Waals surface area contributed by atoms with Crippen LogP contribution in [0, 0.1) is 0 Å². The van der Waals surface area contributed by atoms with Crippen molar-refractivity contribution >= 4 is 11.8 Å². The summed E-state index contributed by atoms with van der Waals surface area (Å²) in [6, 6.07) is 22.2. The fraction of sp³-hybridized carbons (Fsp3) is 0.231. The lowest BCUT2D eigenvalue weighted by molar-refractivity contribution is -0.142. The molecule has 0 unspecified atom stereocenters. The van der Waals surface area contributed by atoms with E-state index in [0.717, 1.165) is 22.3 Å². The van der Waals surface area contributed by atoms with E-state index >= 15 is 0 Å². The van der Waals surface area contributed by atoms with E-state index in [1.807, 2.05) is 72.8 Å². The van der Waals surface area contributed by atoms with E-state index in [1.54, 1.807) is 19.1 Å². The third-order valence-electron chi connectivity index (χ3n) is 5.68. The summed E-state index contributed by atoms with van der Waals surface area (Å²) in [5.74, 6) is 0.960. The lowest BCUT2D eigenvalue weighted by atomic mass is 9.91. The molecule has 0 fully saturated rings. The molecule has 1 aliphatic rings. The van der Waals surface area contributed by atoms with Crippen LogP contribution in [0.4, 0.5) is 0 Å². The van der Waals surface area contributed by atoms with Gasteiger partial charge in [-0.15, -0.1) is 0 Å². The van der Waals surface area contributed by atoms with Crippen LogP contribution in [-0.2, 0) is 29.1 Å². The van der Waals surface area contributed by atoms with Gasteiger partial charge in [0.15, 0.2) is 11.5 Å². The molecular weight excluding hydrogens is 404 g/mol. The second-order valence-corrected chi connectivity index (χ2v) is 7.69. The fourth-order valence-corrected chi connectivity index (χ4v) is 4.06. The van der Waals surface area contributed by atoms with Gasteiger partial charge >= 0.3 is 0 Å². The average Bonchev–Trinajstić information content (AvgIpc) is 2.83. The number of nitrogens with zero attached hydrogens (tertiary/aromatic N) is 1. The summed E-state index contributed by atoms with van der Waals surface area (Å²) in [5.41, 5.74) is 3.62. The molecule has 6 nitrogen and oxygen atoms in total. The Labute approximate surface area is 187 Å². The van der Waals surface area contributed by atoms with E-state index in [0.29, 0.717) is 31.0 Å². The first-order chi connectivity index (χ1) is 15.6. The average molecular weight is 431 g/mol. The lowest BCUT2D eigenvalue weighted by Gasteiger charge is -2.36. The Hall–Kier alpha value is -3.80. The number of methoxy groups -OCH3 is 2. The molecule has 3 aromatic carbocycles. The summed E-state index contributed by atoms with van der Waals surface area (Å²) in [7, 11) is 3.16. The van der Waals surface area contributed by atoms with Gasteiger partial charge in [0.05, 0.1) is 20.6 Å². The maximum atomic E-state index is 13.4. The summed E-state index contributed by atoms with van der Waals surface area (Å²) >= 11 is 0. The smallest absolute Gasteiger partial charge is 0.247 e. The predicted molar refractivity (Wildman–Crippen MR) is 121 cm³/mol. The van der Waals surface area contributed by atoms with Crippen LogP contribution >= 0.6 is 0 Å². The number of hydrogen-bond acceptors (Lipinski definition) is 4. The molecule has 1 N–H and O–H groups in total. The SMILES string of the molecule is COc1ccc(CNC(=O)[C@@H]2c3ccccc3CC(=O)N2Cc2ccccc2)cc1OC. The zero-order valence-corrected chi connectivity index (χ0v) is 18.2. The minimum atomic E-state index is -0.687. The number of ether oxygens (including phenoxy) is 2. The quantitative estimate of drug-likeness (QED) is 0.621. The van der Waals surface area contributed by atoms with Crippen molar-refractivity contribution in [1.82, 2.24) is 10.2 Å². The van der Waals surface area contributed by atoms with Crippen LogP contribution in [0.25, 0.3) is 0 Å². The Morgan fingerprint density at radius 2 is 1.66 bits per heavy atom. The van der Waals surface area contributed by atoms with E-state index in [2.05, 4.69) is 5.32 Å². The van der Waals surface area contributed by atoms with Crippen molar-refractivity contribution in [3.63, 3.8) is 0 Å². The highest BCUT2D eigenvalue weighted by Gasteiger charge is 2.36. The van der Waals surface area contributed by atoms with Crippen LogP contribution in [-0.4, -0.2) is 30.9 Å². The first kappa shape index (κ1) is 21.4. The predicted octanol–water partition coefficient (Wildman–Crippen LogP) is 3.65. The van der Waals surface area contributed by atoms with Gasteiger partial charge in [-0.25, -0.2) is 0 Å². The monoisotopic (exact) mass is 430 g/mol. The van der Waals surface area contributed by atoms with Crippen molar-refractivity contribution in [2.24, 2.45) is 0 Å². The molecule has 1 heterocycles. The summed E-state index contributed by atoms with van der Waals surface area (Å²) in [6.07, 6.45) is 0.294. The van der Waals surface area contributed by atoms with Gasteiger partial charge in [-0.3, -0.25) is 9.59 Å². The van der Waals surface area contributed by atoms with Crippen LogP contribution in [0.2, 0.25) is 0 Å². The Morgan fingerprint density at radius 1 is 0.938 bits per heavy atom. The highest BCUT2D eigenvalue weighted by atomic mass is 16.5. The van der Waals surface area contributed by atoms with Crippen LogP contribution in [0.5, 0.6) is 11.5 Å². The molecule has 2 amide bonds. The molecule has 0 radical (unpaired) electrons. The molecule has 164 valence electrons. The fourth-order valence-electron chi connectivity index (χ4n) is 4.06. The van der Waals surface area contributed by atoms with Gasteiger partial charge in [-0.1, -0.05) is 60.7 Å². The number of amides is 2. The maximum Gasteiger partial charge on any atom is 0.247 e. The molecule has 0 aromatic heterocycles. The summed E-state index contributed by atoms with van der Waals surface area (Å²) in [5, 5.41) is 3.01. The number of fused-ring (bicyclic) bond motifs is 1. The zero-order valence-electron chi connectivity index (χ0n) is 18.2. The van der Waals surface area contributed by atoms with Gasteiger partial charge in [-0.05, 0) is 34.4 Å². The summed E-state index contributed by atoms with van der Waals surface area (Å²) in [6.45, 7) is 0.688. The molecule has 3 aromatic rings. The molecule has 32 heavy (non-hydrogen) atoms. The lowest BCUT2D eigenvalue weighted by Crippen LogP contribution is -2.46. The summed E-state index contributed by atoms with van der Waals surface area (Å²) in [4.78, 5) is 28.1. The van der Waals surface area contributed by atoms with Crippen LogP contribution < -0.4 is 14.8 Å². The number of nitrogens with one attached hydrogen (secondary N) is 1. The first-order valence-electron chi connectivity index (χ1n) is 10.5. The molecule has 1 aliphatic heterocycles. The van der Waals surface area contributed by atoms with Crippen molar-refractivity contribution in [1.29, 1.82) is 0 Å². The summed E-state index contributed by atoms with van der Waals surface area (Å²) < 4.78 is 10.6. The van der Waals surface area contributed by atoms with Crippen molar-refractivity contribution in [3.05, 3.63) is 95.1 Å². The normalized spacial score (nSPS) is 15.1. The van der Waals surface area contributed by atoms with Gasteiger partial charge in [0.1, 0.15) is 6.04 Å². The third kappa shape index (κ3) is 4.44. The Kier molecular flexibility index (Phi) is 6.40.